The summed E-state index contributed by atoms with van der Waals surface area (Å²) in [7, 11) is 3.59. The number of carboxylic acid groups (broad SMARTS) is 1. The monoisotopic (exact) mass is 538 g/mol. The van der Waals surface area contributed by atoms with E-state index in [2.05, 4.69) is 25.6 Å². The number of benzene rings is 1. The highest BCUT2D eigenvalue weighted by Crippen LogP contribution is 2.35. The zero-order valence-electron chi connectivity index (χ0n) is 21.4. The van der Waals surface area contributed by atoms with Gasteiger partial charge in [-0.1, -0.05) is 11.3 Å². The SMILES string of the molecule is CN(C)CC(=O)Nc1cncc(-c2nnc(N(C(=O)OC(C)(C)C)c3ccc4c(cnn4C(=O)O)c3)s2)c1. The molecule has 13 nitrogen and oxygen atoms in total. The molecule has 0 aliphatic rings. The van der Waals surface area contributed by atoms with Crippen LogP contribution in [0.1, 0.15) is 20.8 Å². The van der Waals surface area contributed by atoms with Crippen LogP contribution in [-0.4, -0.2) is 79.3 Å². The molecule has 1 aromatic carbocycles. The van der Waals surface area contributed by atoms with E-state index in [0.717, 1.165) is 16.0 Å². The maximum atomic E-state index is 13.3. The van der Waals surface area contributed by atoms with E-state index < -0.39 is 17.8 Å². The third-order valence-corrected chi connectivity index (χ3v) is 5.86. The van der Waals surface area contributed by atoms with Crippen molar-refractivity contribution in [2.45, 2.75) is 26.4 Å². The molecule has 3 heterocycles. The molecule has 0 saturated carbocycles. The Morgan fingerprint density at radius 3 is 2.55 bits per heavy atom. The van der Waals surface area contributed by atoms with Gasteiger partial charge in [0.2, 0.25) is 11.0 Å². The minimum Gasteiger partial charge on any atom is -0.463 e. The maximum absolute atomic E-state index is 13.3. The quantitative estimate of drug-likeness (QED) is 0.367. The highest BCUT2D eigenvalue weighted by Gasteiger charge is 2.28. The van der Waals surface area contributed by atoms with Crippen molar-refractivity contribution >= 4 is 56.8 Å². The van der Waals surface area contributed by atoms with Crippen LogP contribution in [0, 0.1) is 0 Å². The van der Waals surface area contributed by atoms with Crippen LogP contribution in [0.4, 0.5) is 26.1 Å². The first-order chi connectivity index (χ1) is 17.9. The number of pyridine rings is 1. The zero-order chi connectivity index (χ0) is 27.6. The summed E-state index contributed by atoms with van der Waals surface area (Å²) in [6, 6.07) is 6.47. The Hall–Kier alpha value is -4.43. The van der Waals surface area contributed by atoms with Gasteiger partial charge in [-0.3, -0.25) is 9.78 Å². The largest absolute Gasteiger partial charge is 0.463 e. The fourth-order valence-electron chi connectivity index (χ4n) is 3.45. The first-order valence-electron chi connectivity index (χ1n) is 11.4. The van der Waals surface area contributed by atoms with Gasteiger partial charge in [0.1, 0.15) is 5.60 Å². The Morgan fingerprint density at radius 1 is 1.11 bits per heavy atom. The topological polar surface area (TPSA) is 156 Å². The number of anilines is 3. The lowest BCUT2D eigenvalue weighted by Crippen LogP contribution is -2.33. The summed E-state index contributed by atoms with van der Waals surface area (Å²) in [6.45, 7) is 5.46. The summed E-state index contributed by atoms with van der Waals surface area (Å²) in [4.78, 5) is 44.0. The number of ether oxygens (including phenoxy) is 1. The van der Waals surface area contributed by atoms with E-state index in [1.54, 1.807) is 70.2 Å². The number of hydrogen-bond acceptors (Lipinski definition) is 10. The van der Waals surface area contributed by atoms with Crippen molar-refractivity contribution in [1.82, 2.24) is 29.9 Å². The number of rotatable bonds is 6. The molecule has 38 heavy (non-hydrogen) atoms. The molecule has 2 N–H and O–H groups in total. The molecule has 0 aliphatic carbocycles. The molecule has 0 aliphatic heterocycles. The molecule has 0 fully saturated rings. The maximum Gasteiger partial charge on any atom is 0.432 e. The number of likely N-dealkylation sites (N-methyl/N-ethyl adjacent to an activating group) is 1. The van der Waals surface area contributed by atoms with Gasteiger partial charge in [-0.05, 0) is 59.1 Å². The number of aromatic nitrogens is 5. The molecule has 0 saturated heterocycles. The smallest absolute Gasteiger partial charge is 0.432 e. The Kier molecular flexibility index (Phi) is 7.37. The molecule has 198 valence electrons. The summed E-state index contributed by atoms with van der Waals surface area (Å²) in [5.41, 5.74) is 1.06. The van der Waals surface area contributed by atoms with Crippen molar-refractivity contribution in [3.63, 3.8) is 0 Å². The van der Waals surface area contributed by atoms with Crippen molar-refractivity contribution in [3.8, 4) is 10.6 Å². The van der Waals surface area contributed by atoms with Crippen molar-refractivity contribution in [1.29, 1.82) is 0 Å². The molecule has 0 spiro atoms. The third kappa shape index (κ3) is 6.10. The molecule has 0 unspecified atom stereocenters. The lowest BCUT2D eigenvalue weighted by Gasteiger charge is -2.25. The number of fused-ring (bicyclic) bond motifs is 1. The van der Waals surface area contributed by atoms with E-state index in [0.29, 0.717) is 32.8 Å². The van der Waals surface area contributed by atoms with E-state index in [4.69, 9.17) is 4.74 Å². The van der Waals surface area contributed by atoms with Gasteiger partial charge in [-0.15, -0.1) is 10.2 Å². The van der Waals surface area contributed by atoms with E-state index in [9.17, 15) is 19.5 Å². The van der Waals surface area contributed by atoms with Crippen molar-refractivity contribution in [3.05, 3.63) is 42.9 Å². The molecular weight excluding hydrogens is 512 g/mol. The number of nitrogens with zero attached hydrogens (tertiary/aromatic N) is 7. The van der Waals surface area contributed by atoms with Gasteiger partial charge in [0.15, 0.2) is 5.01 Å². The fraction of sp³-hybridized carbons (Fsp3) is 0.292. The zero-order valence-corrected chi connectivity index (χ0v) is 22.2. The lowest BCUT2D eigenvalue weighted by molar-refractivity contribution is -0.116. The first-order valence-corrected chi connectivity index (χ1v) is 12.2. The van der Waals surface area contributed by atoms with Crippen LogP contribution < -0.4 is 10.2 Å². The lowest BCUT2D eigenvalue weighted by atomic mass is 10.2. The third-order valence-electron chi connectivity index (χ3n) is 4.90. The highest BCUT2D eigenvalue weighted by atomic mass is 32.1. The van der Waals surface area contributed by atoms with Crippen LogP contribution in [-0.2, 0) is 9.53 Å². The van der Waals surface area contributed by atoms with Gasteiger partial charge < -0.3 is 20.1 Å². The minimum absolute atomic E-state index is 0.190. The van der Waals surface area contributed by atoms with Crippen LogP contribution in [0.5, 0.6) is 0 Å². The van der Waals surface area contributed by atoms with E-state index in [1.165, 1.54) is 17.3 Å². The summed E-state index contributed by atoms with van der Waals surface area (Å²) in [6.07, 6.45) is 2.59. The first kappa shape index (κ1) is 26.6. The average Bonchev–Trinajstić information content (AvgIpc) is 3.45. The summed E-state index contributed by atoms with van der Waals surface area (Å²) >= 11 is 1.12. The normalized spacial score (nSPS) is 11.5. The molecule has 0 atom stereocenters. The predicted molar refractivity (Wildman–Crippen MR) is 142 cm³/mol. The molecule has 2 amide bonds. The van der Waals surface area contributed by atoms with Gasteiger partial charge in [0.05, 0.1) is 35.8 Å². The van der Waals surface area contributed by atoms with E-state index in [1.807, 2.05) is 0 Å². The highest BCUT2D eigenvalue weighted by molar-refractivity contribution is 7.18. The Bertz CT molecular complexity index is 1510. The minimum atomic E-state index is -1.22. The number of carbonyl (C=O) groups excluding carboxylic acids is 2. The van der Waals surface area contributed by atoms with E-state index in [-0.39, 0.29) is 17.6 Å². The second-order valence-electron chi connectivity index (χ2n) is 9.54. The van der Waals surface area contributed by atoms with Crippen LogP contribution in [0.25, 0.3) is 21.5 Å². The number of nitrogens with one attached hydrogen (secondary N) is 1. The average molecular weight is 539 g/mol. The van der Waals surface area contributed by atoms with E-state index >= 15 is 0 Å². The van der Waals surface area contributed by atoms with Crippen LogP contribution >= 0.6 is 11.3 Å². The summed E-state index contributed by atoms with van der Waals surface area (Å²) < 4.78 is 6.47. The number of amides is 2. The van der Waals surface area contributed by atoms with Crippen molar-refractivity contribution in [2.24, 2.45) is 0 Å². The summed E-state index contributed by atoms with van der Waals surface area (Å²) in [5, 5.41) is 25.6. The van der Waals surface area contributed by atoms with Crippen molar-refractivity contribution < 1.29 is 24.2 Å². The molecule has 4 rings (SSSR count). The number of carbonyl (C=O) groups is 3. The predicted octanol–water partition coefficient (Wildman–Crippen LogP) is 4.05. The Labute approximate surface area is 221 Å². The van der Waals surface area contributed by atoms with Gasteiger partial charge in [0, 0.05) is 17.1 Å². The molecular formula is C24H26N8O5S. The Balaban J connectivity index is 1.69. The standard InChI is InChI=1S/C24H26N8O5S/c1-24(2,3)37-23(36)31(17-6-7-18-14(9-17)11-26-32(18)22(34)35)21-29-28-20(38-21)15-8-16(12-25-10-15)27-19(33)13-30(4)5/h6-12H,13H2,1-5H3,(H,27,33)(H,34,35). The fourth-order valence-corrected chi connectivity index (χ4v) is 4.29. The van der Waals surface area contributed by atoms with Crippen LogP contribution in [0.15, 0.2) is 42.9 Å². The van der Waals surface area contributed by atoms with Crippen LogP contribution in [0.2, 0.25) is 0 Å². The molecule has 3 aromatic heterocycles. The van der Waals surface area contributed by atoms with Crippen molar-refractivity contribution in [2.75, 3.05) is 30.9 Å². The molecule has 0 bridgehead atoms. The van der Waals surface area contributed by atoms with Crippen LogP contribution in [0.3, 0.4) is 0 Å². The van der Waals surface area contributed by atoms with Gasteiger partial charge in [0.25, 0.3) is 0 Å². The molecule has 0 radical (unpaired) electrons. The van der Waals surface area contributed by atoms with Gasteiger partial charge >= 0.3 is 12.2 Å². The second-order valence-corrected chi connectivity index (χ2v) is 10.5. The molecule has 4 aromatic rings. The Morgan fingerprint density at radius 2 is 1.87 bits per heavy atom. The second kappa shape index (κ2) is 10.5. The molecule has 14 heteroatoms. The van der Waals surface area contributed by atoms with Gasteiger partial charge in [-0.2, -0.15) is 9.78 Å². The van der Waals surface area contributed by atoms with Gasteiger partial charge in [-0.25, -0.2) is 14.5 Å². The summed E-state index contributed by atoms with van der Waals surface area (Å²) in [5.74, 6) is -0.190. The number of hydrogen-bond donors (Lipinski definition) is 2.